The normalized spacial score (nSPS) is 13.1. The molecule has 154 valence electrons. The van der Waals surface area contributed by atoms with Gasteiger partial charge in [-0.2, -0.15) is 0 Å². The lowest BCUT2D eigenvalue weighted by atomic mass is 10.1. The van der Waals surface area contributed by atoms with Crippen LogP contribution in [0.2, 0.25) is 0 Å². The number of nitrogens with zero attached hydrogens (tertiary/aromatic N) is 3. The standard InChI is InChI=1S/C26H23N3OS/c30-25(21-12-14-22(15-13-21)28-17-6-7-18-28)29(19-16-20-8-2-1-3-9-20)26-27-23-10-4-5-11-24(23)31-26/h1-15H,16-19H2. The third-order valence-corrected chi connectivity index (χ3v) is 6.58. The van der Waals surface area contributed by atoms with Crippen molar-refractivity contribution in [1.29, 1.82) is 0 Å². The molecular formula is C26H23N3OS. The van der Waals surface area contributed by atoms with E-state index in [0.29, 0.717) is 12.1 Å². The van der Waals surface area contributed by atoms with Crippen LogP contribution in [-0.2, 0) is 6.42 Å². The van der Waals surface area contributed by atoms with E-state index in [1.165, 1.54) is 5.56 Å². The topological polar surface area (TPSA) is 36.4 Å². The highest BCUT2D eigenvalue weighted by atomic mass is 32.1. The maximum atomic E-state index is 13.5. The highest BCUT2D eigenvalue weighted by Crippen LogP contribution is 2.30. The summed E-state index contributed by atoms with van der Waals surface area (Å²) in [6.07, 6.45) is 5.11. The van der Waals surface area contributed by atoms with Crippen molar-refractivity contribution in [2.75, 3.05) is 29.4 Å². The number of para-hydroxylation sites is 1. The monoisotopic (exact) mass is 425 g/mol. The van der Waals surface area contributed by atoms with E-state index in [1.807, 2.05) is 65.6 Å². The Kier molecular flexibility index (Phi) is 5.50. The molecule has 31 heavy (non-hydrogen) atoms. The van der Waals surface area contributed by atoms with Crippen LogP contribution >= 0.6 is 11.3 Å². The zero-order valence-corrected chi connectivity index (χ0v) is 18.0. The number of hydrogen-bond donors (Lipinski definition) is 0. The van der Waals surface area contributed by atoms with E-state index < -0.39 is 0 Å². The molecule has 0 radical (unpaired) electrons. The van der Waals surface area contributed by atoms with E-state index in [-0.39, 0.29) is 5.91 Å². The van der Waals surface area contributed by atoms with Gasteiger partial charge >= 0.3 is 0 Å². The first-order chi connectivity index (χ1) is 15.3. The molecule has 0 fully saturated rings. The van der Waals surface area contributed by atoms with Gasteiger partial charge in [-0.1, -0.05) is 66.0 Å². The summed E-state index contributed by atoms with van der Waals surface area (Å²) in [6.45, 7) is 2.42. The quantitative estimate of drug-likeness (QED) is 0.379. The Labute approximate surface area is 186 Å². The van der Waals surface area contributed by atoms with Crippen LogP contribution in [0.3, 0.4) is 0 Å². The van der Waals surface area contributed by atoms with Gasteiger partial charge in [0.1, 0.15) is 0 Å². The molecule has 0 saturated heterocycles. The Morgan fingerprint density at radius 1 is 0.903 bits per heavy atom. The number of thiazole rings is 1. The maximum Gasteiger partial charge on any atom is 0.260 e. The smallest absolute Gasteiger partial charge is 0.260 e. The molecule has 4 aromatic rings. The first kappa shape index (κ1) is 19.5. The van der Waals surface area contributed by atoms with Gasteiger partial charge in [0.2, 0.25) is 0 Å². The van der Waals surface area contributed by atoms with Gasteiger partial charge in [-0.25, -0.2) is 4.98 Å². The van der Waals surface area contributed by atoms with E-state index in [0.717, 1.165) is 40.5 Å². The van der Waals surface area contributed by atoms with E-state index in [2.05, 4.69) is 35.3 Å². The number of hydrogen-bond acceptors (Lipinski definition) is 4. The van der Waals surface area contributed by atoms with E-state index in [9.17, 15) is 4.79 Å². The van der Waals surface area contributed by atoms with E-state index in [1.54, 1.807) is 11.3 Å². The summed E-state index contributed by atoms with van der Waals surface area (Å²) in [7, 11) is 0. The first-order valence-corrected chi connectivity index (χ1v) is 11.3. The van der Waals surface area contributed by atoms with Crippen molar-refractivity contribution in [3.8, 4) is 0 Å². The summed E-state index contributed by atoms with van der Waals surface area (Å²) in [6, 6.07) is 26.2. The van der Waals surface area contributed by atoms with Gasteiger partial charge in [-0.15, -0.1) is 0 Å². The molecule has 1 aromatic heterocycles. The predicted molar refractivity (Wildman–Crippen MR) is 129 cm³/mol. The third-order valence-electron chi connectivity index (χ3n) is 5.52. The average Bonchev–Trinajstić information content (AvgIpc) is 3.50. The van der Waals surface area contributed by atoms with Crippen molar-refractivity contribution in [2.45, 2.75) is 6.42 Å². The number of fused-ring (bicyclic) bond motifs is 1. The van der Waals surface area contributed by atoms with Crippen LogP contribution in [0.5, 0.6) is 0 Å². The molecule has 4 nitrogen and oxygen atoms in total. The predicted octanol–water partition coefficient (Wildman–Crippen LogP) is 5.56. The molecule has 1 aliphatic heterocycles. The van der Waals surface area contributed by atoms with Crippen LogP contribution in [0, 0.1) is 0 Å². The van der Waals surface area contributed by atoms with Crippen molar-refractivity contribution in [2.24, 2.45) is 0 Å². The van der Waals surface area contributed by atoms with Crippen LogP contribution in [0.25, 0.3) is 10.2 Å². The molecule has 0 unspecified atom stereocenters. The van der Waals surface area contributed by atoms with Gasteiger partial charge in [0.25, 0.3) is 5.91 Å². The molecule has 0 aliphatic carbocycles. The average molecular weight is 426 g/mol. The summed E-state index contributed by atoms with van der Waals surface area (Å²) < 4.78 is 1.09. The van der Waals surface area contributed by atoms with Crippen LogP contribution < -0.4 is 9.80 Å². The zero-order chi connectivity index (χ0) is 21.0. The SMILES string of the molecule is O=C(c1ccc(N2CC=CC2)cc1)N(CCc1ccccc1)c1nc2ccccc2s1. The molecule has 0 bridgehead atoms. The highest BCUT2D eigenvalue weighted by Gasteiger charge is 2.21. The van der Waals surface area contributed by atoms with Crippen molar-refractivity contribution >= 4 is 38.3 Å². The number of carbonyl (C=O) groups is 1. The molecule has 1 amide bonds. The lowest BCUT2D eigenvalue weighted by Gasteiger charge is -2.21. The molecule has 5 rings (SSSR count). The lowest BCUT2D eigenvalue weighted by molar-refractivity contribution is 0.0987. The Morgan fingerprint density at radius 2 is 1.61 bits per heavy atom. The Bertz CT molecular complexity index is 1170. The summed E-state index contributed by atoms with van der Waals surface area (Å²) in [4.78, 5) is 22.4. The van der Waals surface area contributed by atoms with Crippen LogP contribution in [0.4, 0.5) is 10.8 Å². The largest absolute Gasteiger partial charge is 0.364 e. The van der Waals surface area contributed by atoms with Gasteiger partial charge < -0.3 is 4.90 Å². The van der Waals surface area contributed by atoms with Crippen molar-refractivity contribution < 1.29 is 4.79 Å². The number of anilines is 2. The zero-order valence-electron chi connectivity index (χ0n) is 17.1. The van der Waals surface area contributed by atoms with Crippen LogP contribution in [0.15, 0.2) is 91.0 Å². The minimum absolute atomic E-state index is 0.0129. The summed E-state index contributed by atoms with van der Waals surface area (Å²) in [5.74, 6) is -0.0129. The molecule has 0 atom stereocenters. The van der Waals surface area contributed by atoms with Gasteiger partial charge in [0.05, 0.1) is 10.2 Å². The minimum Gasteiger partial charge on any atom is -0.364 e. The molecule has 0 saturated carbocycles. The number of aromatic nitrogens is 1. The Hall–Kier alpha value is -3.44. The van der Waals surface area contributed by atoms with Gasteiger partial charge in [-0.3, -0.25) is 9.69 Å². The second kappa shape index (κ2) is 8.74. The number of rotatable bonds is 6. The van der Waals surface area contributed by atoms with E-state index >= 15 is 0 Å². The van der Waals surface area contributed by atoms with Crippen LogP contribution in [-0.4, -0.2) is 30.5 Å². The summed E-state index contributed by atoms with van der Waals surface area (Å²) in [5.41, 5.74) is 3.95. The van der Waals surface area contributed by atoms with Crippen LogP contribution in [0.1, 0.15) is 15.9 Å². The molecule has 0 N–H and O–H groups in total. The molecule has 2 heterocycles. The van der Waals surface area contributed by atoms with Crippen molar-refractivity contribution in [3.05, 3.63) is 102 Å². The molecular weight excluding hydrogens is 402 g/mol. The highest BCUT2D eigenvalue weighted by molar-refractivity contribution is 7.22. The first-order valence-electron chi connectivity index (χ1n) is 10.5. The third kappa shape index (κ3) is 4.23. The Morgan fingerprint density at radius 3 is 2.35 bits per heavy atom. The minimum atomic E-state index is -0.0129. The summed E-state index contributed by atoms with van der Waals surface area (Å²) in [5, 5.41) is 0.745. The molecule has 1 aliphatic rings. The lowest BCUT2D eigenvalue weighted by Crippen LogP contribution is -2.33. The van der Waals surface area contributed by atoms with E-state index in [4.69, 9.17) is 4.98 Å². The fourth-order valence-electron chi connectivity index (χ4n) is 3.80. The van der Waals surface area contributed by atoms with Crippen molar-refractivity contribution in [1.82, 2.24) is 4.98 Å². The van der Waals surface area contributed by atoms with Gasteiger partial charge in [0, 0.05) is 30.9 Å². The maximum absolute atomic E-state index is 13.5. The molecule has 0 spiro atoms. The second-order valence-electron chi connectivity index (χ2n) is 7.58. The number of amides is 1. The Balaban J connectivity index is 1.43. The van der Waals surface area contributed by atoms with Crippen molar-refractivity contribution in [3.63, 3.8) is 0 Å². The van der Waals surface area contributed by atoms with Gasteiger partial charge in [-0.05, 0) is 48.4 Å². The number of carbonyl (C=O) groups excluding carboxylic acids is 1. The summed E-state index contributed by atoms with van der Waals surface area (Å²) >= 11 is 1.56. The fourth-order valence-corrected chi connectivity index (χ4v) is 4.79. The van der Waals surface area contributed by atoms with Gasteiger partial charge in [0.15, 0.2) is 5.13 Å². The number of benzene rings is 3. The molecule has 5 heteroatoms. The molecule has 3 aromatic carbocycles. The second-order valence-corrected chi connectivity index (χ2v) is 8.59. The fraction of sp³-hybridized carbons (Fsp3) is 0.154.